The summed E-state index contributed by atoms with van der Waals surface area (Å²) < 4.78 is 16.2. The predicted molar refractivity (Wildman–Crippen MR) is 101 cm³/mol. The number of ether oxygens (including phenoxy) is 3. The van der Waals surface area contributed by atoms with Crippen molar-refractivity contribution < 1.29 is 28.6 Å². The van der Waals surface area contributed by atoms with Crippen LogP contribution in [0.15, 0.2) is 24.3 Å². The topological polar surface area (TPSA) is 108 Å². The van der Waals surface area contributed by atoms with Gasteiger partial charge in [-0.3, -0.25) is 9.59 Å². The number of fused-ring (bicyclic) bond motifs is 1. The lowest BCUT2D eigenvalue weighted by atomic mass is 9.97. The Morgan fingerprint density at radius 1 is 1.18 bits per heavy atom. The standard InChI is InChI=1S/C20H24N2O6/c21-20(25)15-3-1-8-22(12-15)18(23)13-28-19(24)7-5-14-4-6-16-17(11-14)27-10-2-9-26-16/h4-7,11,15H,1-3,8-10,12-13H2,(H2,21,25)/b7-5+/t15-/m0/s1. The van der Waals surface area contributed by atoms with Gasteiger partial charge in [-0.15, -0.1) is 0 Å². The van der Waals surface area contributed by atoms with Gasteiger partial charge in [0.05, 0.1) is 19.1 Å². The smallest absolute Gasteiger partial charge is 0.331 e. The lowest BCUT2D eigenvalue weighted by molar-refractivity contribution is -0.149. The van der Waals surface area contributed by atoms with Crippen LogP contribution in [0.4, 0.5) is 0 Å². The first kappa shape index (κ1) is 19.7. The van der Waals surface area contributed by atoms with E-state index >= 15 is 0 Å². The van der Waals surface area contributed by atoms with Crippen LogP contribution < -0.4 is 15.2 Å². The summed E-state index contributed by atoms with van der Waals surface area (Å²) >= 11 is 0. The molecule has 0 aliphatic carbocycles. The number of esters is 1. The number of nitrogens with zero attached hydrogens (tertiary/aromatic N) is 1. The number of primary amides is 1. The van der Waals surface area contributed by atoms with Gasteiger partial charge in [0.25, 0.3) is 5.91 Å². The van der Waals surface area contributed by atoms with Crippen molar-refractivity contribution >= 4 is 23.9 Å². The first-order valence-electron chi connectivity index (χ1n) is 9.34. The van der Waals surface area contributed by atoms with E-state index in [1.807, 2.05) is 0 Å². The van der Waals surface area contributed by atoms with E-state index in [4.69, 9.17) is 19.9 Å². The summed E-state index contributed by atoms with van der Waals surface area (Å²) in [5, 5.41) is 0. The third-order valence-corrected chi connectivity index (χ3v) is 4.70. The minimum absolute atomic E-state index is 0.277. The van der Waals surface area contributed by atoms with Gasteiger partial charge in [0.1, 0.15) is 0 Å². The SMILES string of the molecule is NC(=O)[C@H]1CCCN(C(=O)COC(=O)/C=C/c2ccc3c(c2)OCCCO3)C1. The minimum Gasteiger partial charge on any atom is -0.490 e. The molecule has 1 fully saturated rings. The number of hydrogen-bond acceptors (Lipinski definition) is 6. The molecular weight excluding hydrogens is 364 g/mol. The summed E-state index contributed by atoms with van der Waals surface area (Å²) in [4.78, 5) is 36.9. The van der Waals surface area contributed by atoms with Gasteiger partial charge in [0, 0.05) is 25.6 Å². The van der Waals surface area contributed by atoms with Crippen molar-refractivity contribution in [1.29, 1.82) is 0 Å². The largest absolute Gasteiger partial charge is 0.490 e. The summed E-state index contributed by atoms with van der Waals surface area (Å²) in [6.45, 7) is 1.64. The van der Waals surface area contributed by atoms with E-state index in [0.29, 0.717) is 44.1 Å². The number of amides is 2. The average molecular weight is 388 g/mol. The molecular formula is C20H24N2O6. The quantitative estimate of drug-likeness (QED) is 0.598. The van der Waals surface area contributed by atoms with Crippen LogP contribution in [0.2, 0.25) is 0 Å². The van der Waals surface area contributed by atoms with Crippen molar-refractivity contribution in [2.24, 2.45) is 11.7 Å². The maximum absolute atomic E-state index is 12.2. The second-order valence-electron chi connectivity index (χ2n) is 6.78. The molecule has 2 aliphatic heterocycles. The van der Waals surface area contributed by atoms with Crippen molar-refractivity contribution in [3.05, 3.63) is 29.8 Å². The predicted octanol–water partition coefficient (Wildman–Crippen LogP) is 1.13. The Morgan fingerprint density at radius 3 is 2.75 bits per heavy atom. The maximum Gasteiger partial charge on any atom is 0.331 e. The van der Waals surface area contributed by atoms with Gasteiger partial charge in [-0.2, -0.15) is 0 Å². The molecule has 0 saturated carbocycles. The van der Waals surface area contributed by atoms with Crippen molar-refractivity contribution in [3.8, 4) is 11.5 Å². The Morgan fingerprint density at radius 2 is 1.96 bits per heavy atom. The number of benzene rings is 1. The molecule has 2 N–H and O–H groups in total. The van der Waals surface area contributed by atoms with Crippen LogP contribution in [0.3, 0.4) is 0 Å². The molecule has 1 aromatic rings. The second kappa shape index (κ2) is 9.25. The molecule has 28 heavy (non-hydrogen) atoms. The zero-order valence-electron chi connectivity index (χ0n) is 15.6. The molecule has 0 radical (unpaired) electrons. The Kier molecular flexibility index (Phi) is 6.52. The van der Waals surface area contributed by atoms with Crippen LogP contribution in [0.1, 0.15) is 24.8 Å². The summed E-state index contributed by atoms with van der Waals surface area (Å²) in [5.74, 6) is -0.386. The zero-order valence-corrected chi connectivity index (χ0v) is 15.6. The van der Waals surface area contributed by atoms with Gasteiger partial charge in [0.15, 0.2) is 18.1 Å². The lowest BCUT2D eigenvalue weighted by Crippen LogP contribution is -2.45. The third kappa shape index (κ3) is 5.25. The Hall–Kier alpha value is -3.03. The molecule has 3 rings (SSSR count). The summed E-state index contributed by atoms with van der Waals surface area (Å²) in [5.41, 5.74) is 6.07. The molecule has 0 bridgehead atoms. The number of likely N-dealkylation sites (tertiary alicyclic amines) is 1. The van der Waals surface area contributed by atoms with E-state index in [1.54, 1.807) is 24.3 Å². The third-order valence-electron chi connectivity index (χ3n) is 4.70. The lowest BCUT2D eigenvalue weighted by Gasteiger charge is -2.30. The molecule has 0 spiro atoms. The van der Waals surface area contributed by atoms with Crippen LogP contribution in [-0.4, -0.2) is 55.6 Å². The van der Waals surface area contributed by atoms with Crippen molar-refractivity contribution in [2.45, 2.75) is 19.3 Å². The van der Waals surface area contributed by atoms with Crippen LogP contribution >= 0.6 is 0 Å². The van der Waals surface area contributed by atoms with Gasteiger partial charge >= 0.3 is 5.97 Å². The Balaban J connectivity index is 1.49. The van der Waals surface area contributed by atoms with Gasteiger partial charge in [-0.25, -0.2) is 4.79 Å². The van der Waals surface area contributed by atoms with Crippen molar-refractivity contribution in [3.63, 3.8) is 0 Å². The first-order chi connectivity index (χ1) is 13.5. The summed E-state index contributed by atoms with van der Waals surface area (Å²) in [6, 6.07) is 5.38. The maximum atomic E-state index is 12.2. The minimum atomic E-state index is -0.621. The van der Waals surface area contributed by atoms with E-state index in [0.717, 1.165) is 12.0 Å². The highest BCUT2D eigenvalue weighted by atomic mass is 16.5. The number of hydrogen-bond donors (Lipinski definition) is 1. The van der Waals surface area contributed by atoms with Crippen LogP contribution in [0.25, 0.3) is 6.08 Å². The highest BCUT2D eigenvalue weighted by Crippen LogP contribution is 2.30. The fourth-order valence-corrected chi connectivity index (χ4v) is 3.16. The number of nitrogens with two attached hydrogens (primary N) is 1. The van der Waals surface area contributed by atoms with Gasteiger partial charge in [-0.05, 0) is 36.6 Å². The van der Waals surface area contributed by atoms with E-state index < -0.39 is 11.9 Å². The van der Waals surface area contributed by atoms with Gasteiger partial charge in [-0.1, -0.05) is 6.07 Å². The van der Waals surface area contributed by atoms with Crippen LogP contribution in [-0.2, 0) is 19.1 Å². The molecule has 1 atom stereocenters. The molecule has 150 valence electrons. The number of rotatable bonds is 5. The van der Waals surface area contributed by atoms with Gasteiger partial charge in [0.2, 0.25) is 5.91 Å². The average Bonchev–Trinajstić information content (AvgIpc) is 2.95. The monoisotopic (exact) mass is 388 g/mol. The number of piperidine rings is 1. The van der Waals surface area contributed by atoms with Crippen molar-refractivity contribution in [2.75, 3.05) is 32.9 Å². The number of carbonyl (C=O) groups is 3. The van der Waals surface area contributed by atoms with Crippen molar-refractivity contribution in [1.82, 2.24) is 4.90 Å². The van der Waals surface area contributed by atoms with E-state index in [1.165, 1.54) is 11.0 Å². The van der Waals surface area contributed by atoms with Crippen LogP contribution in [0, 0.1) is 5.92 Å². The van der Waals surface area contributed by atoms with Crippen LogP contribution in [0.5, 0.6) is 11.5 Å². The number of carbonyl (C=O) groups excluding carboxylic acids is 3. The Bertz CT molecular complexity index is 776. The second-order valence-corrected chi connectivity index (χ2v) is 6.78. The summed E-state index contributed by atoms with van der Waals surface area (Å²) in [7, 11) is 0. The Labute approximate surface area is 163 Å². The highest BCUT2D eigenvalue weighted by molar-refractivity contribution is 5.89. The molecule has 2 amide bonds. The molecule has 8 heteroatoms. The fourth-order valence-electron chi connectivity index (χ4n) is 3.16. The summed E-state index contributed by atoms with van der Waals surface area (Å²) in [6.07, 6.45) is 5.05. The normalized spacial score (nSPS) is 19.1. The van der Waals surface area contributed by atoms with E-state index in [2.05, 4.69) is 0 Å². The molecule has 8 nitrogen and oxygen atoms in total. The molecule has 0 aromatic heterocycles. The fraction of sp³-hybridized carbons (Fsp3) is 0.450. The highest BCUT2D eigenvalue weighted by Gasteiger charge is 2.27. The van der Waals surface area contributed by atoms with E-state index in [-0.39, 0.29) is 25.0 Å². The van der Waals surface area contributed by atoms with Gasteiger partial charge < -0.3 is 24.8 Å². The molecule has 0 unspecified atom stereocenters. The molecule has 2 heterocycles. The molecule has 2 aliphatic rings. The molecule has 1 saturated heterocycles. The first-order valence-corrected chi connectivity index (χ1v) is 9.34. The molecule has 1 aromatic carbocycles. The van der Waals surface area contributed by atoms with E-state index in [9.17, 15) is 14.4 Å². The zero-order chi connectivity index (χ0) is 19.9.